The van der Waals surface area contributed by atoms with E-state index < -0.39 is 11.7 Å². The lowest BCUT2D eigenvalue weighted by Gasteiger charge is -2.35. The Kier molecular flexibility index (Phi) is 6.76. The minimum atomic E-state index is -4.41. The van der Waals surface area contributed by atoms with Gasteiger partial charge in [0.05, 0.1) is 12.1 Å². The fourth-order valence-electron chi connectivity index (χ4n) is 3.61. The third kappa shape index (κ3) is 5.66. The van der Waals surface area contributed by atoms with Crippen LogP contribution < -0.4 is 10.2 Å². The summed E-state index contributed by atoms with van der Waals surface area (Å²) in [6.07, 6.45) is -4.41. The summed E-state index contributed by atoms with van der Waals surface area (Å²) >= 11 is 1.42. The zero-order chi connectivity index (χ0) is 22.6. The van der Waals surface area contributed by atoms with Crippen molar-refractivity contribution in [2.75, 3.05) is 31.1 Å². The van der Waals surface area contributed by atoms with Crippen molar-refractivity contribution in [1.29, 1.82) is 0 Å². The maximum absolute atomic E-state index is 12.8. The van der Waals surface area contributed by atoms with Gasteiger partial charge in [-0.3, -0.25) is 9.69 Å². The van der Waals surface area contributed by atoms with Crippen LogP contribution in [0.5, 0.6) is 0 Å². The highest BCUT2D eigenvalue weighted by Crippen LogP contribution is 2.29. The summed E-state index contributed by atoms with van der Waals surface area (Å²) in [4.78, 5) is 21.5. The molecule has 32 heavy (non-hydrogen) atoms. The van der Waals surface area contributed by atoms with Crippen molar-refractivity contribution in [2.24, 2.45) is 0 Å². The summed E-state index contributed by atoms with van der Waals surface area (Å²) < 4.78 is 38.5. The average Bonchev–Trinajstić information content (AvgIpc) is 3.27. The number of para-hydroxylation sites is 1. The van der Waals surface area contributed by atoms with Crippen LogP contribution in [-0.4, -0.2) is 42.0 Å². The molecular weight excluding hydrogens is 437 g/mol. The molecule has 1 saturated heterocycles. The van der Waals surface area contributed by atoms with Gasteiger partial charge >= 0.3 is 6.18 Å². The molecule has 2 heterocycles. The predicted octanol–water partition coefficient (Wildman–Crippen LogP) is 4.41. The highest BCUT2D eigenvalue weighted by Gasteiger charge is 2.30. The molecule has 1 fully saturated rings. The first kappa shape index (κ1) is 22.3. The van der Waals surface area contributed by atoms with E-state index in [0.29, 0.717) is 17.8 Å². The number of nitrogens with zero attached hydrogens (tertiary/aromatic N) is 3. The van der Waals surface area contributed by atoms with Crippen molar-refractivity contribution in [2.45, 2.75) is 19.3 Å². The summed E-state index contributed by atoms with van der Waals surface area (Å²) in [5.74, 6) is -0.390. The topological polar surface area (TPSA) is 48.5 Å². The SMILES string of the molecule is O=C(NCc1cccc(C(F)(F)F)c1)c1csc(CN2CCN(c3ccccc3)CC2)n1. The fraction of sp³-hybridized carbons (Fsp3) is 0.304. The van der Waals surface area contributed by atoms with Gasteiger partial charge in [-0.2, -0.15) is 13.2 Å². The van der Waals surface area contributed by atoms with Gasteiger partial charge in [-0.05, 0) is 29.8 Å². The number of hydrogen-bond donors (Lipinski definition) is 1. The first-order valence-electron chi connectivity index (χ1n) is 10.3. The fourth-order valence-corrected chi connectivity index (χ4v) is 4.43. The van der Waals surface area contributed by atoms with Crippen molar-refractivity contribution in [3.05, 3.63) is 81.8 Å². The number of alkyl halides is 3. The summed E-state index contributed by atoms with van der Waals surface area (Å²) in [6.45, 7) is 4.36. The molecule has 0 bridgehead atoms. The smallest absolute Gasteiger partial charge is 0.369 e. The van der Waals surface area contributed by atoms with E-state index in [4.69, 9.17) is 0 Å². The van der Waals surface area contributed by atoms with Crippen molar-refractivity contribution in [3.8, 4) is 0 Å². The Labute approximate surface area is 188 Å². The molecule has 1 N–H and O–H groups in total. The Balaban J connectivity index is 1.27. The quantitative estimate of drug-likeness (QED) is 0.592. The molecule has 1 aliphatic rings. The first-order valence-corrected chi connectivity index (χ1v) is 11.2. The first-order chi connectivity index (χ1) is 15.4. The number of amides is 1. The largest absolute Gasteiger partial charge is 0.416 e. The molecule has 0 spiro atoms. The van der Waals surface area contributed by atoms with E-state index in [1.807, 2.05) is 18.2 Å². The van der Waals surface area contributed by atoms with E-state index in [2.05, 4.69) is 32.2 Å². The molecule has 0 saturated carbocycles. The van der Waals surface area contributed by atoms with Crippen LogP contribution in [0.4, 0.5) is 18.9 Å². The lowest BCUT2D eigenvalue weighted by atomic mass is 10.1. The van der Waals surface area contributed by atoms with Gasteiger partial charge in [0.2, 0.25) is 0 Å². The van der Waals surface area contributed by atoms with Crippen LogP contribution in [0.1, 0.15) is 26.6 Å². The molecular formula is C23H23F3N4OS. The molecule has 1 amide bonds. The molecule has 1 aromatic heterocycles. The van der Waals surface area contributed by atoms with Crippen molar-refractivity contribution < 1.29 is 18.0 Å². The Morgan fingerprint density at radius 2 is 1.78 bits per heavy atom. The molecule has 1 aliphatic heterocycles. The Morgan fingerprint density at radius 3 is 2.50 bits per heavy atom. The maximum Gasteiger partial charge on any atom is 0.416 e. The number of hydrogen-bond acceptors (Lipinski definition) is 5. The zero-order valence-electron chi connectivity index (χ0n) is 17.3. The Hall–Kier alpha value is -2.91. The zero-order valence-corrected chi connectivity index (χ0v) is 18.1. The van der Waals surface area contributed by atoms with Gasteiger partial charge < -0.3 is 10.2 Å². The second-order valence-corrected chi connectivity index (χ2v) is 8.55. The Morgan fingerprint density at radius 1 is 1.03 bits per heavy atom. The maximum atomic E-state index is 12.8. The monoisotopic (exact) mass is 460 g/mol. The number of anilines is 1. The molecule has 5 nitrogen and oxygen atoms in total. The summed E-state index contributed by atoms with van der Waals surface area (Å²) in [5.41, 5.74) is 1.17. The van der Waals surface area contributed by atoms with Crippen LogP contribution >= 0.6 is 11.3 Å². The summed E-state index contributed by atoms with van der Waals surface area (Å²) in [6, 6.07) is 15.3. The normalized spacial score (nSPS) is 15.0. The molecule has 2 aromatic carbocycles. The number of thiazole rings is 1. The van der Waals surface area contributed by atoms with Crippen LogP contribution in [0.15, 0.2) is 60.0 Å². The molecule has 168 valence electrons. The molecule has 0 atom stereocenters. The van der Waals surface area contributed by atoms with Gasteiger partial charge in [-0.15, -0.1) is 11.3 Å². The molecule has 9 heteroatoms. The number of benzene rings is 2. The van der Waals surface area contributed by atoms with Crippen LogP contribution in [0.25, 0.3) is 0 Å². The summed E-state index contributed by atoms with van der Waals surface area (Å²) in [5, 5.41) is 5.19. The van der Waals surface area contributed by atoms with E-state index in [0.717, 1.165) is 43.3 Å². The van der Waals surface area contributed by atoms with E-state index in [1.54, 1.807) is 11.4 Å². The van der Waals surface area contributed by atoms with E-state index in [1.165, 1.54) is 23.1 Å². The van der Waals surface area contributed by atoms with Gasteiger partial charge in [-0.25, -0.2) is 4.98 Å². The van der Waals surface area contributed by atoms with E-state index in [9.17, 15) is 18.0 Å². The standard InChI is InChI=1S/C23H23F3N4OS/c24-23(25,26)18-6-4-5-17(13-18)14-27-22(31)20-16-32-21(28-20)15-29-9-11-30(12-10-29)19-7-2-1-3-8-19/h1-8,13,16H,9-12,14-15H2,(H,27,31). The third-order valence-corrected chi connectivity index (χ3v) is 6.18. The second-order valence-electron chi connectivity index (χ2n) is 7.61. The lowest BCUT2D eigenvalue weighted by molar-refractivity contribution is -0.137. The number of aromatic nitrogens is 1. The van der Waals surface area contributed by atoms with Gasteiger partial charge in [0, 0.05) is 43.8 Å². The molecule has 4 rings (SSSR count). The van der Waals surface area contributed by atoms with Gasteiger partial charge in [0.15, 0.2) is 0 Å². The lowest BCUT2D eigenvalue weighted by Crippen LogP contribution is -2.45. The van der Waals surface area contributed by atoms with Crippen LogP contribution in [0.2, 0.25) is 0 Å². The number of piperazine rings is 1. The second kappa shape index (κ2) is 9.70. The van der Waals surface area contributed by atoms with Crippen LogP contribution in [-0.2, 0) is 19.3 Å². The number of nitrogens with one attached hydrogen (secondary N) is 1. The highest BCUT2D eigenvalue weighted by atomic mass is 32.1. The van der Waals surface area contributed by atoms with E-state index in [-0.39, 0.29) is 12.5 Å². The number of rotatable bonds is 6. The average molecular weight is 461 g/mol. The Bertz CT molecular complexity index is 1050. The van der Waals surface area contributed by atoms with Crippen LogP contribution in [0, 0.1) is 0 Å². The number of halogens is 3. The summed E-state index contributed by atoms with van der Waals surface area (Å²) in [7, 11) is 0. The van der Waals surface area contributed by atoms with Crippen molar-refractivity contribution in [1.82, 2.24) is 15.2 Å². The highest BCUT2D eigenvalue weighted by molar-refractivity contribution is 7.09. The van der Waals surface area contributed by atoms with Gasteiger partial charge in [-0.1, -0.05) is 30.3 Å². The van der Waals surface area contributed by atoms with Crippen LogP contribution in [0.3, 0.4) is 0 Å². The predicted molar refractivity (Wildman–Crippen MR) is 119 cm³/mol. The minimum absolute atomic E-state index is 0.0110. The number of carbonyl (C=O) groups is 1. The number of carbonyl (C=O) groups excluding carboxylic acids is 1. The molecule has 3 aromatic rings. The van der Waals surface area contributed by atoms with Crippen molar-refractivity contribution >= 4 is 22.9 Å². The van der Waals surface area contributed by atoms with E-state index >= 15 is 0 Å². The third-order valence-electron chi connectivity index (χ3n) is 5.34. The van der Waals surface area contributed by atoms with Gasteiger partial charge in [0.25, 0.3) is 5.91 Å². The molecule has 0 unspecified atom stereocenters. The van der Waals surface area contributed by atoms with Gasteiger partial charge in [0.1, 0.15) is 10.7 Å². The minimum Gasteiger partial charge on any atom is -0.369 e. The molecule has 0 radical (unpaired) electrons. The van der Waals surface area contributed by atoms with Crippen molar-refractivity contribution in [3.63, 3.8) is 0 Å². The molecule has 0 aliphatic carbocycles.